The lowest BCUT2D eigenvalue weighted by Gasteiger charge is -2.10. The molecule has 0 N–H and O–H groups in total. The molecule has 0 unspecified atom stereocenters. The summed E-state index contributed by atoms with van der Waals surface area (Å²) in [5, 5.41) is 8.06. The van der Waals surface area contributed by atoms with Crippen LogP contribution in [-0.4, -0.2) is 14.8 Å². The maximum atomic E-state index is 4.03. The van der Waals surface area contributed by atoms with E-state index in [1.165, 1.54) is 5.70 Å². The molecule has 3 heteroatoms. The molecule has 1 aromatic rings. The molecule has 0 radical (unpaired) electrons. The third-order valence-electron chi connectivity index (χ3n) is 2.22. The van der Waals surface area contributed by atoms with Crippen LogP contribution in [0.25, 0.3) is 5.70 Å². The van der Waals surface area contributed by atoms with Gasteiger partial charge in [-0.05, 0) is 32.8 Å². The summed E-state index contributed by atoms with van der Waals surface area (Å²) in [5.74, 6) is 1.91. The molecule has 68 valence electrons. The van der Waals surface area contributed by atoms with Gasteiger partial charge in [0.1, 0.15) is 11.6 Å². The molecule has 0 fully saturated rings. The molecular weight excluding hydrogens is 162 g/mol. The Morgan fingerprint density at radius 2 is 1.85 bits per heavy atom. The minimum absolute atomic E-state index is 0.954. The van der Waals surface area contributed by atoms with E-state index in [-0.39, 0.29) is 0 Å². The van der Waals surface area contributed by atoms with Crippen LogP contribution in [0.3, 0.4) is 0 Å². The number of aromatic nitrogens is 3. The van der Waals surface area contributed by atoms with Crippen LogP contribution in [0.15, 0.2) is 18.2 Å². The summed E-state index contributed by atoms with van der Waals surface area (Å²) in [4.78, 5) is 0. The van der Waals surface area contributed by atoms with Gasteiger partial charge in [0.15, 0.2) is 0 Å². The number of hydrogen-bond donors (Lipinski definition) is 0. The van der Waals surface area contributed by atoms with E-state index >= 15 is 0 Å². The molecule has 0 amide bonds. The molecular formula is C10H13N3. The van der Waals surface area contributed by atoms with Crippen LogP contribution < -0.4 is 0 Å². The number of nitrogens with zero attached hydrogens (tertiary/aromatic N) is 3. The maximum absolute atomic E-state index is 4.03. The van der Waals surface area contributed by atoms with Gasteiger partial charge in [-0.15, -0.1) is 10.2 Å². The smallest absolute Gasteiger partial charge is 0.134 e. The molecule has 1 aliphatic rings. The third-order valence-corrected chi connectivity index (χ3v) is 2.22. The van der Waals surface area contributed by atoms with E-state index in [0.29, 0.717) is 0 Å². The minimum Gasteiger partial charge on any atom is -0.284 e. The van der Waals surface area contributed by atoms with Crippen molar-refractivity contribution in [2.45, 2.75) is 26.7 Å². The van der Waals surface area contributed by atoms with Gasteiger partial charge in [0.05, 0.1) is 0 Å². The van der Waals surface area contributed by atoms with Crippen molar-refractivity contribution >= 4 is 5.70 Å². The SMILES string of the molecule is Cc1nnc(C)n1C1=CCCC=C1. The van der Waals surface area contributed by atoms with Crippen molar-refractivity contribution in [2.75, 3.05) is 0 Å². The van der Waals surface area contributed by atoms with E-state index in [1.54, 1.807) is 0 Å². The van der Waals surface area contributed by atoms with E-state index in [2.05, 4.69) is 33.0 Å². The van der Waals surface area contributed by atoms with Gasteiger partial charge in [-0.1, -0.05) is 12.2 Å². The molecule has 0 atom stereocenters. The summed E-state index contributed by atoms with van der Waals surface area (Å²) in [5.41, 5.74) is 1.20. The van der Waals surface area contributed by atoms with Crippen LogP contribution >= 0.6 is 0 Å². The molecule has 1 aliphatic carbocycles. The van der Waals surface area contributed by atoms with Gasteiger partial charge in [0.2, 0.25) is 0 Å². The zero-order valence-electron chi connectivity index (χ0n) is 7.99. The monoisotopic (exact) mass is 175 g/mol. The van der Waals surface area contributed by atoms with Crippen LogP contribution in [0.1, 0.15) is 24.5 Å². The highest BCUT2D eigenvalue weighted by Gasteiger charge is 2.07. The maximum Gasteiger partial charge on any atom is 0.134 e. The lowest BCUT2D eigenvalue weighted by Crippen LogP contribution is -2.01. The second kappa shape index (κ2) is 3.17. The van der Waals surface area contributed by atoms with Crippen molar-refractivity contribution in [1.82, 2.24) is 14.8 Å². The van der Waals surface area contributed by atoms with Crippen LogP contribution in [0, 0.1) is 13.8 Å². The van der Waals surface area contributed by atoms with Gasteiger partial charge in [-0.3, -0.25) is 4.57 Å². The summed E-state index contributed by atoms with van der Waals surface area (Å²) < 4.78 is 2.08. The standard InChI is InChI=1S/C10H13N3/c1-8-11-12-9(2)13(8)10-6-4-3-5-7-10/h4,6-7H,3,5H2,1-2H3. The molecule has 1 aromatic heterocycles. The molecule has 0 aliphatic heterocycles. The van der Waals surface area contributed by atoms with Gasteiger partial charge in [0, 0.05) is 5.70 Å². The average Bonchev–Trinajstić information content (AvgIpc) is 2.48. The van der Waals surface area contributed by atoms with E-state index < -0.39 is 0 Å². The van der Waals surface area contributed by atoms with E-state index in [4.69, 9.17) is 0 Å². The first-order valence-electron chi connectivity index (χ1n) is 4.55. The van der Waals surface area contributed by atoms with Crippen molar-refractivity contribution in [1.29, 1.82) is 0 Å². The lowest BCUT2D eigenvalue weighted by atomic mass is 10.1. The van der Waals surface area contributed by atoms with Crippen molar-refractivity contribution in [3.63, 3.8) is 0 Å². The average molecular weight is 175 g/mol. The molecule has 0 spiro atoms. The summed E-state index contributed by atoms with van der Waals surface area (Å²) in [6, 6.07) is 0. The van der Waals surface area contributed by atoms with Crippen LogP contribution in [-0.2, 0) is 0 Å². The van der Waals surface area contributed by atoms with Gasteiger partial charge < -0.3 is 0 Å². The quantitative estimate of drug-likeness (QED) is 0.654. The lowest BCUT2D eigenvalue weighted by molar-refractivity contribution is 0.935. The molecule has 13 heavy (non-hydrogen) atoms. The van der Waals surface area contributed by atoms with Crippen molar-refractivity contribution in [2.24, 2.45) is 0 Å². The normalized spacial score (nSPS) is 16.0. The summed E-state index contributed by atoms with van der Waals surface area (Å²) in [7, 11) is 0. The summed E-state index contributed by atoms with van der Waals surface area (Å²) >= 11 is 0. The highest BCUT2D eigenvalue weighted by molar-refractivity contribution is 5.59. The predicted molar refractivity (Wildman–Crippen MR) is 52.1 cm³/mol. The zero-order valence-corrected chi connectivity index (χ0v) is 7.99. The second-order valence-electron chi connectivity index (χ2n) is 3.24. The Labute approximate surface area is 77.8 Å². The Bertz CT molecular complexity index is 352. The van der Waals surface area contributed by atoms with Crippen molar-refractivity contribution in [3.8, 4) is 0 Å². The Kier molecular flexibility index (Phi) is 2.00. The fourth-order valence-electron chi connectivity index (χ4n) is 1.61. The first-order chi connectivity index (χ1) is 6.29. The second-order valence-corrected chi connectivity index (χ2v) is 3.24. The van der Waals surface area contributed by atoms with Gasteiger partial charge >= 0.3 is 0 Å². The molecule has 0 saturated carbocycles. The van der Waals surface area contributed by atoms with E-state index in [1.807, 2.05) is 13.8 Å². The highest BCUT2D eigenvalue weighted by atomic mass is 15.3. The third kappa shape index (κ3) is 1.41. The van der Waals surface area contributed by atoms with E-state index in [9.17, 15) is 0 Å². The van der Waals surface area contributed by atoms with E-state index in [0.717, 1.165) is 24.5 Å². The molecule has 0 aromatic carbocycles. The Morgan fingerprint density at radius 3 is 2.38 bits per heavy atom. The number of hydrogen-bond acceptors (Lipinski definition) is 2. The Hall–Kier alpha value is -1.38. The van der Waals surface area contributed by atoms with Crippen molar-refractivity contribution in [3.05, 3.63) is 29.9 Å². The first kappa shape index (κ1) is 8.23. The first-order valence-corrected chi connectivity index (χ1v) is 4.55. The topological polar surface area (TPSA) is 30.7 Å². The van der Waals surface area contributed by atoms with Crippen LogP contribution in [0.2, 0.25) is 0 Å². The summed E-state index contributed by atoms with van der Waals surface area (Å²) in [6.45, 7) is 3.95. The Morgan fingerprint density at radius 1 is 1.15 bits per heavy atom. The molecule has 3 nitrogen and oxygen atoms in total. The van der Waals surface area contributed by atoms with Gasteiger partial charge in [-0.25, -0.2) is 0 Å². The largest absolute Gasteiger partial charge is 0.284 e. The zero-order chi connectivity index (χ0) is 9.26. The number of allylic oxidation sites excluding steroid dienone is 4. The number of rotatable bonds is 1. The molecule has 2 rings (SSSR count). The molecule has 1 heterocycles. The molecule has 0 saturated heterocycles. The van der Waals surface area contributed by atoms with Crippen molar-refractivity contribution < 1.29 is 0 Å². The summed E-state index contributed by atoms with van der Waals surface area (Å²) in [6.07, 6.45) is 8.80. The molecule has 0 bridgehead atoms. The van der Waals surface area contributed by atoms with Crippen LogP contribution in [0.4, 0.5) is 0 Å². The Balaban J connectivity index is 2.45. The highest BCUT2D eigenvalue weighted by Crippen LogP contribution is 2.17. The minimum atomic E-state index is 0.954. The van der Waals surface area contributed by atoms with Crippen LogP contribution in [0.5, 0.6) is 0 Å². The van der Waals surface area contributed by atoms with Gasteiger partial charge in [-0.2, -0.15) is 0 Å². The predicted octanol–water partition coefficient (Wildman–Crippen LogP) is 2.09. The number of aryl methyl sites for hydroxylation is 2. The fraction of sp³-hybridized carbons (Fsp3) is 0.400. The fourth-order valence-corrected chi connectivity index (χ4v) is 1.61. The van der Waals surface area contributed by atoms with Gasteiger partial charge in [0.25, 0.3) is 0 Å².